The first-order valence-corrected chi connectivity index (χ1v) is 12.6. The molecule has 186 valence electrons. The normalized spacial score (nSPS) is 18.0. The number of anilines is 1. The minimum atomic E-state index is -0.307. The predicted molar refractivity (Wildman–Crippen MR) is 140 cm³/mol. The molecule has 2 heterocycles. The van der Waals surface area contributed by atoms with Crippen molar-refractivity contribution in [2.75, 3.05) is 18.4 Å². The minimum absolute atomic E-state index is 0.0229. The number of aromatic nitrogens is 2. The third kappa shape index (κ3) is 4.53. The van der Waals surface area contributed by atoms with Crippen molar-refractivity contribution in [3.8, 4) is 16.8 Å². The summed E-state index contributed by atoms with van der Waals surface area (Å²) in [5.74, 6) is -0.338. The maximum Gasteiger partial charge on any atom is 0.253 e. The highest BCUT2D eigenvalue weighted by molar-refractivity contribution is 5.96. The van der Waals surface area contributed by atoms with Gasteiger partial charge in [0.15, 0.2) is 0 Å². The molecule has 6 rings (SSSR count). The van der Waals surface area contributed by atoms with E-state index in [0.717, 1.165) is 30.6 Å². The number of rotatable bonds is 5. The maximum absolute atomic E-state index is 14.2. The smallest absolute Gasteiger partial charge is 0.253 e. The van der Waals surface area contributed by atoms with Crippen molar-refractivity contribution in [3.05, 3.63) is 103 Å². The van der Waals surface area contributed by atoms with Gasteiger partial charge < -0.3 is 10.2 Å². The van der Waals surface area contributed by atoms with Gasteiger partial charge in [-0.15, -0.1) is 0 Å². The Hall–Kier alpha value is -4.26. The molecule has 0 bridgehead atoms. The Balaban J connectivity index is 1.06. The third-order valence-electron chi connectivity index (χ3n) is 7.75. The van der Waals surface area contributed by atoms with Gasteiger partial charge in [0.05, 0.1) is 5.69 Å². The van der Waals surface area contributed by atoms with Gasteiger partial charge in [0.2, 0.25) is 5.91 Å². The van der Waals surface area contributed by atoms with Gasteiger partial charge in [-0.3, -0.25) is 9.59 Å². The quantitative estimate of drug-likeness (QED) is 0.395. The Morgan fingerprint density at radius 1 is 0.946 bits per heavy atom. The van der Waals surface area contributed by atoms with E-state index in [4.69, 9.17) is 0 Å². The summed E-state index contributed by atoms with van der Waals surface area (Å²) in [6, 6.07) is 23.2. The number of amides is 2. The highest BCUT2D eigenvalue weighted by Crippen LogP contribution is 2.59. The molecular formula is C30H27FN4O2. The predicted octanol–water partition coefficient (Wildman–Crippen LogP) is 5.56. The molecule has 1 unspecified atom stereocenters. The summed E-state index contributed by atoms with van der Waals surface area (Å²) >= 11 is 0. The van der Waals surface area contributed by atoms with E-state index in [1.54, 1.807) is 47.3 Å². The van der Waals surface area contributed by atoms with Crippen LogP contribution < -0.4 is 5.32 Å². The van der Waals surface area contributed by atoms with Crippen molar-refractivity contribution in [1.29, 1.82) is 0 Å². The highest BCUT2D eigenvalue weighted by Gasteiger charge is 2.58. The highest BCUT2D eigenvalue weighted by atomic mass is 19.1. The SMILES string of the molecule is O=C(Nc1ccc(-n2cccn2)cc1)C1CC12CCN(C(=O)c1cccc(-c3ccccc3F)c1)CC2. The molecule has 4 aromatic rings. The van der Waals surface area contributed by atoms with Crippen LogP contribution in [-0.2, 0) is 4.79 Å². The third-order valence-corrected chi connectivity index (χ3v) is 7.75. The number of carbonyl (C=O) groups excluding carboxylic acids is 2. The van der Waals surface area contributed by atoms with Crippen molar-refractivity contribution >= 4 is 17.5 Å². The monoisotopic (exact) mass is 494 g/mol. The van der Waals surface area contributed by atoms with Crippen LogP contribution in [0.2, 0.25) is 0 Å². The van der Waals surface area contributed by atoms with Crippen LogP contribution in [-0.4, -0.2) is 39.6 Å². The molecule has 1 atom stereocenters. The number of carbonyl (C=O) groups is 2. The molecule has 2 fully saturated rings. The molecule has 1 aromatic heterocycles. The summed E-state index contributed by atoms with van der Waals surface area (Å²) in [5, 5.41) is 7.27. The number of likely N-dealkylation sites (tertiary alicyclic amines) is 1. The molecule has 2 aliphatic rings. The van der Waals surface area contributed by atoms with Crippen molar-refractivity contribution in [2.24, 2.45) is 11.3 Å². The Kier molecular flexibility index (Phi) is 5.83. The molecule has 1 spiro atoms. The average Bonchev–Trinajstić information content (AvgIpc) is 3.35. The van der Waals surface area contributed by atoms with Crippen molar-refractivity contribution in [1.82, 2.24) is 14.7 Å². The first kappa shape index (κ1) is 23.2. The summed E-state index contributed by atoms with van der Waals surface area (Å²) in [6.45, 7) is 1.23. The Bertz CT molecular complexity index is 1440. The Morgan fingerprint density at radius 2 is 1.73 bits per heavy atom. The van der Waals surface area contributed by atoms with Gasteiger partial charge in [-0.1, -0.05) is 30.3 Å². The Morgan fingerprint density at radius 3 is 2.46 bits per heavy atom. The molecule has 7 heteroatoms. The molecule has 2 amide bonds. The van der Waals surface area contributed by atoms with Crippen LogP contribution in [0.5, 0.6) is 0 Å². The zero-order valence-electron chi connectivity index (χ0n) is 20.3. The van der Waals surface area contributed by atoms with Crippen LogP contribution in [0.25, 0.3) is 16.8 Å². The molecule has 3 aromatic carbocycles. The first-order valence-electron chi connectivity index (χ1n) is 12.6. The van der Waals surface area contributed by atoms with Gasteiger partial charge in [0.1, 0.15) is 5.82 Å². The zero-order chi connectivity index (χ0) is 25.4. The lowest BCUT2D eigenvalue weighted by Crippen LogP contribution is -2.40. The van der Waals surface area contributed by atoms with E-state index in [0.29, 0.717) is 29.8 Å². The fourth-order valence-corrected chi connectivity index (χ4v) is 5.47. The van der Waals surface area contributed by atoms with Crippen LogP contribution in [0.3, 0.4) is 0 Å². The van der Waals surface area contributed by atoms with Gasteiger partial charge in [0, 0.05) is 48.2 Å². The number of piperidine rings is 1. The van der Waals surface area contributed by atoms with Crippen LogP contribution in [0, 0.1) is 17.2 Å². The number of nitrogens with one attached hydrogen (secondary N) is 1. The second kappa shape index (κ2) is 9.32. The van der Waals surface area contributed by atoms with E-state index in [2.05, 4.69) is 10.4 Å². The van der Waals surface area contributed by atoms with Gasteiger partial charge in [0.25, 0.3) is 5.91 Å². The lowest BCUT2D eigenvalue weighted by Gasteiger charge is -2.33. The summed E-state index contributed by atoms with van der Waals surface area (Å²) in [7, 11) is 0. The van der Waals surface area contributed by atoms with E-state index >= 15 is 0 Å². The van der Waals surface area contributed by atoms with Crippen LogP contribution in [0.4, 0.5) is 10.1 Å². The fraction of sp³-hybridized carbons (Fsp3) is 0.233. The number of halogens is 1. The van der Waals surface area contributed by atoms with Gasteiger partial charge in [-0.25, -0.2) is 9.07 Å². The van der Waals surface area contributed by atoms with E-state index < -0.39 is 0 Å². The van der Waals surface area contributed by atoms with Gasteiger partial charge in [-0.2, -0.15) is 5.10 Å². The largest absolute Gasteiger partial charge is 0.339 e. The lowest BCUT2D eigenvalue weighted by molar-refractivity contribution is -0.118. The van der Waals surface area contributed by atoms with Crippen LogP contribution in [0.1, 0.15) is 29.6 Å². The molecule has 0 radical (unpaired) electrons. The molecule has 1 saturated carbocycles. The number of nitrogens with zero attached hydrogens (tertiary/aromatic N) is 3. The molecule has 37 heavy (non-hydrogen) atoms. The average molecular weight is 495 g/mol. The van der Waals surface area contributed by atoms with E-state index in [1.807, 2.05) is 47.5 Å². The molecule has 1 aliphatic carbocycles. The van der Waals surface area contributed by atoms with Crippen LogP contribution in [0.15, 0.2) is 91.3 Å². The maximum atomic E-state index is 14.2. The number of benzene rings is 3. The lowest BCUT2D eigenvalue weighted by atomic mass is 9.90. The first-order chi connectivity index (χ1) is 18.0. The van der Waals surface area contributed by atoms with Crippen molar-refractivity contribution < 1.29 is 14.0 Å². The van der Waals surface area contributed by atoms with E-state index in [-0.39, 0.29) is 29.0 Å². The van der Waals surface area contributed by atoms with Gasteiger partial charge >= 0.3 is 0 Å². The summed E-state index contributed by atoms with van der Waals surface area (Å²) in [6.07, 6.45) is 6.07. The summed E-state index contributed by atoms with van der Waals surface area (Å²) < 4.78 is 16.0. The molecule has 6 nitrogen and oxygen atoms in total. The second-order valence-electron chi connectivity index (χ2n) is 9.96. The fourth-order valence-electron chi connectivity index (χ4n) is 5.47. The number of hydrogen-bond donors (Lipinski definition) is 1. The zero-order valence-corrected chi connectivity index (χ0v) is 20.3. The standard InChI is InChI=1S/C30H27FN4O2/c31-27-8-2-1-7-25(27)21-5-3-6-22(19-21)29(37)34-17-13-30(14-18-34)20-26(30)28(36)33-23-9-11-24(12-10-23)35-16-4-15-32-35/h1-12,15-16,19,26H,13-14,17-18,20H2,(H,33,36). The van der Waals surface area contributed by atoms with Gasteiger partial charge in [-0.05, 0) is 78.8 Å². The second-order valence-corrected chi connectivity index (χ2v) is 9.96. The summed E-state index contributed by atoms with van der Waals surface area (Å²) in [5.41, 5.74) is 3.41. The molecular weight excluding hydrogens is 467 g/mol. The van der Waals surface area contributed by atoms with Crippen LogP contribution >= 0.6 is 0 Å². The van der Waals surface area contributed by atoms with E-state index in [1.165, 1.54) is 6.07 Å². The van der Waals surface area contributed by atoms with Crippen molar-refractivity contribution in [2.45, 2.75) is 19.3 Å². The van der Waals surface area contributed by atoms with E-state index in [9.17, 15) is 14.0 Å². The molecule has 1 N–H and O–H groups in total. The molecule has 1 saturated heterocycles. The summed E-state index contributed by atoms with van der Waals surface area (Å²) in [4.78, 5) is 28.0. The minimum Gasteiger partial charge on any atom is -0.339 e. The van der Waals surface area contributed by atoms with Crippen molar-refractivity contribution in [3.63, 3.8) is 0 Å². The number of hydrogen-bond acceptors (Lipinski definition) is 3. The Labute approximate surface area is 214 Å². The molecule has 1 aliphatic heterocycles. The topological polar surface area (TPSA) is 67.2 Å².